The van der Waals surface area contributed by atoms with E-state index in [9.17, 15) is 14.4 Å². The molecule has 6 N–H and O–H groups in total. The van der Waals surface area contributed by atoms with E-state index < -0.39 is 30.2 Å². The molecule has 74 valence electrons. The fourth-order valence-corrected chi connectivity index (χ4v) is 0.586. The number of amides is 2. The van der Waals surface area contributed by atoms with Crippen LogP contribution < -0.4 is 16.8 Å². The molecule has 0 aliphatic rings. The van der Waals surface area contributed by atoms with Crippen LogP contribution in [0.2, 0.25) is 0 Å². The predicted octanol–water partition coefficient (Wildman–Crippen LogP) is -2.61. The second-order valence-corrected chi connectivity index (χ2v) is 2.39. The second-order valence-electron chi connectivity index (χ2n) is 2.39. The zero-order valence-corrected chi connectivity index (χ0v) is 6.82. The molecule has 0 radical (unpaired) electrons. The van der Waals surface area contributed by atoms with E-state index in [0.717, 1.165) is 0 Å². The average molecular weight is 189 g/mol. The molecule has 7 nitrogen and oxygen atoms in total. The molecule has 0 spiro atoms. The molecule has 0 aromatic heterocycles. The van der Waals surface area contributed by atoms with Crippen LogP contribution in [0.5, 0.6) is 0 Å². The lowest BCUT2D eigenvalue weighted by Crippen LogP contribution is -2.44. The van der Waals surface area contributed by atoms with Crippen LogP contribution in [0.3, 0.4) is 0 Å². The van der Waals surface area contributed by atoms with Gasteiger partial charge in [-0.25, -0.2) is 0 Å². The Labute approximate surface area is 74.1 Å². The first-order chi connectivity index (χ1) is 5.93. The zero-order chi connectivity index (χ0) is 10.4. The molecule has 0 rings (SSSR count). The molecule has 0 bridgehead atoms. The third-order valence-corrected chi connectivity index (χ3v) is 1.17. The summed E-state index contributed by atoms with van der Waals surface area (Å²) in [4.78, 5) is 31.2. The number of carboxylic acids is 1. The summed E-state index contributed by atoms with van der Waals surface area (Å²) in [5, 5.41) is 10.3. The summed E-state index contributed by atoms with van der Waals surface area (Å²) in [7, 11) is 0. The molecular formula is C6H11N3O4. The summed E-state index contributed by atoms with van der Waals surface area (Å²) in [5.41, 5.74) is 9.89. The maximum absolute atomic E-state index is 10.9. The summed E-state index contributed by atoms with van der Waals surface area (Å²) in [6.07, 6.45) is -0.482. The van der Waals surface area contributed by atoms with Crippen LogP contribution in [-0.4, -0.2) is 35.5 Å². The van der Waals surface area contributed by atoms with E-state index >= 15 is 0 Å². The van der Waals surface area contributed by atoms with Gasteiger partial charge in [-0.3, -0.25) is 14.4 Å². The molecule has 1 atom stereocenters. The Kier molecular flexibility index (Phi) is 4.45. The van der Waals surface area contributed by atoms with Crippen molar-refractivity contribution in [3.05, 3.63) is 0 Å². The number of aliphatic carboxylic acids is 1. The highest BCUT2D eigenvalue weighted by Crippen LogP contribution is 1.87. The number of rotatable bonds is 5. The first-order valence-electron chi connectivity index (χ1n) is 3.47. The number of primary amides is 1. The predicted molar refractivity (Wildman–Crippen MR) is 42.4 cm³/mol. The Hall–Kier alpha value is -1.63. The number of nitrogens with one attached hydrogen (secondary N) is 1. The van der Waals surface area contributed by atoms with Gasteiger partial charge in [0.15, 0.2) is 0 Å². The normalized spacial score (nSPS) is 11.8. The first-order valence-corrected chi connectivity index (χ1v) is 3.47. The lowest BCUT2D eigenvalue weighted by Gasteiger charge is -2.07. The van der Waals surface area contributed by atoms with Gasteiger partial charge in [0.25, 0.3) is 0 Å². The van der Waals surface area contributed by atoms with Gasteiger partial charge in [-0.2, -0.15) is 0 Å². The van der Waals surface area contributed by atoms with Crippen LogP contribution in [0.15, 0.2) is 0 Å². The molecule has 0 aromatic carbocycles. The van der Waals surface area contributed by atoms with Gasteiger partial charge in [-0.05, 0) is 0 Å². The van der Waals surface area contributed by atoms with E-state index in [4.69, 9.17) is 16.6 Å². The molecule has 13 heavy (non-hydrogen) atoms. The fourth-order valence-electron chi connectivity index (χ4n) is 0.586. The lowest BCUT2D eigenvalue weighted by molar-refractivity contribution is -0.139. The standard InChI is InChI=1S/C6H11N3O4/c7-3(1-5(11)12)6(13)9-2-4(8)10/h3H,1-2,7H2,(H2,8,10)(H,9,13)(H,11,12)/t3-/m0/s1. The maximum atomic E-state index is 10.9. The first kappa shape index (κ1) is 11.4. The molecule has 7 heteroatoms. The molecule has 0 saturated heterocycles. The number of carboxylic acid groups (broad SMARTS) is 1. The molecular weight excluding hydrogens is 178 g/mol. The number of carbonyl (C=O) groups is 3. The van der Waals surface area contributed by atoms with E-state index in [1.165, 1.54) is 0 Å². The molecule has 0 aromatic rings. The van der Waals surface area contributed by atoms with Crippen molar-refractivity contribution in [3.63, 3.8) is 0 Å². The van der Waals surface area contributed by atoms with Crippen molar-refractivity contribution in [2.45, 2.75) is 12.5 Å². The Balaban J connectivity index is 3.82. The summed E-state index contributed by atoms with van der Waals surface area (Å²) < 4.78 is 0. The van der Waals surface area contributed by atoms with Crippen molar-refractivity contribution in [1.82, 2.24) is 5.32 Å². The maximum Gasteiger partial charge on any atom is 0.305 e. The Morgan fingerprint density at radius 2 is 1.92 bits per heavy atom. The van der Waals surface area contributed by atoms with Crippen molar-refractivity contribution in [3.8, 4) is 0 Å². The van der Waals surface area contributed by atoms with Crippen molar-refractivity contribution >= 4 is 17.8 Å². The van der Waals surface area contributed by atoms with Crippen molar-refractivity contribution in [2.24, 2.45) is 11.5 Å². The van der Waals surface area contributed by atoms with Crippen LogP contribution in [0.1, 0.15) is 6.42 Å². The number of carbonyl (C=O) groups excluding carboxylic acids is 2. The quantitative estimate of drug-likeness (QED) is 0.375. The van der Waals surface area contributed by atoms with Gasteiger partial charge in [0.2, 0.25) is 11.8 Å². The summed E-state index contributed by atoms with van der Waals surface area (Å²) in [5.74, 6) is -2.60. The highest BCUT2D eigenvalue weighted by molar-refractivity contribution is 5.89. The van der Waals surface area contributed by atoms with Crippen molar-refractivity contribution in [2.75, 3.05) is 6.54 Å². The van der Waals surface area contributed by atoms with E-state index in [1.54, 1.807) is 0 Å². The molecule has 0 unspecified atom stereocenters. The Morgan fingerprint density at radius 3 is 2.31 bits per heavy atom. The van der Waals surface area contributed by atoms with Gasteiger partial charge in [0.1, 0.15) is 0 Å². The van der Waals surface area contributed by atoms with E-state index in [-0.39, 0.29) is 6.54 Å². The summed E-state index contributed by atoms with van der Waals surface area (Å²) in [6.45, 7) is -0.341. The minimum Gasteiger partial charge on any atom is -0.481 e. The third kappa shape index (κ3) is 5.62. The van der Waals surface area contributed by atoms with E-state index in [0.29, 0.717) is 0 Å². The molecule has 0 aliphatic carbocycles. The van der Waals surface area contributed by atoms with Gasteiger partial charge < -0.3 is 21.9 Å². The van der Waals surface area contributed by atoms with Crippen molar-refractivity contribution in [1.29, 1.82) is 0 Å². The Morgan fingerprint density at radius 1 is 1.38 bits per heavy atom. The van der Waals surface area contributed by atoms with Gasteiger partial charge in [-0.1, -0.05) is 0 Å². The molecule has 0 saturated carbocycles. The minimum absolute atomic E-state index is 0.341. The summed E-state index contributed by atoms with van der Waals surface area (Å²) in [6, 6.07) is -1.16. The molecule has 0 aliphatic heterocycles. The summed E-state index contributed by atoms with van der Waals surface area (Å²) >= 11 is 0. The van der Waals surface area contributed by atoms with Crippen LogP contribution in [0, 0.1) is 0 Å². The lowest BCUT2D eigenvalue weighted by atomic mass is 10.2. The van der Waals surface area contributed by atoms with Crippen LogP contribution in [0.4, 0.5) is 0 Å². The SMILES string of the molecule is NC(=O)CNC(=O)[C@@H](N)CC(=O)O. The van der Waals surface area contributed by atoms with Gasteiger partial charge in [0.05, 0.1) is 19.0 Å². The molecule has 0 heterocycles. The van der Waals surface area contributed by atoms with Gasteiger partial charge in [-0.15, -0.1) is 0 Å². The van der Waals surface area contributed by atoms with Gasteiger partial charge >= 0.3 is 5.97 Å². The number of hydrogen-bond acceptors (Lipinski definition) is 4. The average Bonchev–Trinajstić information content (AvgIpc) is 1.98. The highest BCUT2D eigenvalue weighted by atomic mass is 16.4. The van der Waals surface area contributed by atoms with Gasteiger partial charge in [0, 0.05) is 0 Å². The number of nitrogens with two attached hydrogens (primary N) is 2. The second kappa shape index (κ2) is 5.09. The minimum atomic E-state index is -1.18. The molecule has 0 fully saturated rings. The van der Waals surface area contributed by atoms with Crippen LogP contribution in [-0.2, 0) is 14.4 Å². The zero-order valence-electron chi connectivity index (χ0n) is 6.82. The molecule has 2 amide bonds. The fraction of sp³-hybridized carbons (Fsp3) is 0.500. The van der Waals surface area contributed by atoms with E-state index in [2.05, 4.69) is 5.32 Å². The third-order valence-electron chi connectivity index (χ3n) is 1.17. The number of hydrogen-bond donors (Lipinski definition) is 4. The Bertz CT molecular complexity index is 228. The van der Waals surface area contributed by atoms with E-state index in [1.807, 2.05) is 0 Å². The van der Waals surface area contributed by atoms with Crippen LogP contribution >= 0.6 is 0 Å². The van der Waals surface area contributed by atoms with Crippen LogP contribution in [0.25, 0.3) is 0 Å². The smallest absolute Gasteiger partial charge is 0.305 e. The monoisotopic (exact) mass is 189 g/mol. The topological polar surface area (TPSA) is 136 Å². The largest absolute Gasteiger partial charge is 0.481 e. The highest BCUT2D eigenvalue weighted by Gasteiger charge is 2.16. The van der Waals surface area contributed by atoms with Crippen molar-refractivity contribution < 1.29 is 19.5 Å².